The largest absolute Gasteiger partial charge is 0.480 e. The van der Waals surface area contributed by atoms with E-state index < -0.39 is 11.5 Å². The molecule has 122 valence electrons. The summed E-state index contributed by atoms with van der Waals surface area (Å²) in [5.74, 6) is 0.328. The van der Waals surface area contributed by atoms with Crippen LogP contribution in [0.3, 0.4) is 0 Å². The molecule has 2 atom stereocenters. The molecule has 5 nitrogen and oxygen atoms in total. The summed E-state index contributed by atoms with van der Waals surface area (Å²) in [4.78, 5) is 25.6. The number of hydrogen-bond acceptors (Lipinski definition) is 2. The fourth-order valence-corrected chi connectivity index (χ4v) is 3.03. The van der Waals surface area contributed by atoms with Gasteiger partial charge in [0.15, 0.2) is 0 Å². The number of carbonyl (C=O) groups excluding carboxylic acids is 1. The molecule has 0 radical (unpaired) electrons. The van der Waals surface area contributed by atoms with Gasteiger partial charge in [0, 0.05) is 13.1 Å². The molecule has 2 unspecified atom stereocenters. The molecular formula is C16H30N2O3. The van der Waals surface area contributed by atoms with E-state index in [-0.39, 0.29) is 6.03 Å². The zero-order valence-electron chi connectivity index (χ0n) is 13.8. The average Bonchev–Trinajstić information content (AvgIpc) is 2.64. The number of carbonyl (C=O) groups is 2. The number of carboxylic acids is 1. The normalized spacial score (nSPS) is 22.5. The Labute approximate surface area is 128 Å². The van der Waals surface area contributed by atoms with Crippen LogP contribution in [0.25, 0.3) is 0 Å². The smallest absolute Gasteiger partial charge is 0.329 e. The summed E-state index contributed by atoms with van der Waals surface area (Å²) >= 11 is 0. The van der Waals surface area contributed by atoms with Crippen LogP contribution in [0.15, 0.2) is 0 Å². The number of rotatable bonds is 5. The van der Waals surface area contributed by atoms with Crippen molar-refractivity contribution in [1.82, 2.24) is 10.2 Å². The van der Waals surface area contributed by atoms with E-state index in [0.717, 1.165) is 38.8 Å². The average molecular weight is 298 g/mol. The highest BCUT2D eigenvalue weighted by atomic mass is 16.4. The van der Waals surface area contributed by atoms with Gasteiger partial charge in [-0.05, 0) is 44.4 Å². The second kappa shape index (κ2) is 7.66. The summed E-state index contributed by atoms with van der Waals surface area (Å²) in [6.07, 6.45) is 4.30. The van der Waals surface area contributed by atoms with Crippen molar-refractivity contribution >= 4 is 12.0 Å². The van der Waals surface area contributed by atoms with Gasteiger partial charge in [-0.15, -0.1) is 0 Å². The lowest BCUT2D eigenvalue weighted by atomic mass is 9.89. The van der Waals surface area contributed by atoms with Crippen molar-refractivity contribution in [3.05, 3.63) is 0 Å². The van der Waals surface area contributed by atoms with Crippen molar-refractivity contribution in [3.8, 4) is 0 Å². The number of aliphatic carboxylic acids is 1. The molecule has 0 saturated carbocycles. The second-order valence-corrected chi connectivity index (χ2v) is 6.74. The van der Waals surface area contributed by atoms with Crippen molar-refractivity contribution in [2.45, 2.75) is 65.3 Å². The maximum atomic E-state index is 12.4. The minimum absolute atomic E-state index is 0.238. The van der Waals surface area contributed by atoms with E-state index in [9.17, 15) is 14.7 Å². The van der Waals surface area contributed by atoms with Crippen LogP contribution in [0.5, 0.6) is 0 Å². The van der Waals surface area contributed by atoms with Crippen molar-refractivity contribution in [1.29, 1.82) is 0 Å². The topological polar surface area (TPSA) is 69.6 Å². The highest BCUT2D eigenvalue weighted by molar-refractivity contribution is 5.85. The van der Waals surface area contributed by atoms with Crippen molar-refractivity contribution < 1.29 is 14.7 Å². The first kappa shape index (κ1) is 17.8. The Bertz CT molecular complexity index is 371. The molecule has 5 heteroatoms. The number of urea groups is 1. The van der Waals surface area contributed by atoms with Crippen molar-refractivity contribution in [3.63, 3.8) is 0 Å². The van der Waals surface area contributed by atoms with Gasteiger partial charge in [0.05, 0.1) is 0 Å². The number of amides is 2. The van der Waals surface area contributed by atoms with Crippen LogP contribution in [0.2, 0.25) is 0 Å². The molecule has 21 heavy (non-hydrogen) atoms. The Morgan fingerprint density at radius 1 is 1.33 bits per heavy atom. The van der Waals surface area contributed by atoms with Crippen LogP contribution >= 0.6 is 0 Å². The molecule has 1 rings (SSSR count). The minimum atomic E-state index is -1.17. The Kier molecular flexibility index (Phi) is 6.49. The Morgan fingerprint density at radius 3 is 2.52 bits per heavy atom. The van der Waals surface area contributed by atoms with E-state index in [2.05, 4.69) is 19.2 Å². The molecule has 1 heterocycles. The van der Waals surface area contributed by atoms with Crippen LogP contribution in [0.4, 0.5) is 4.79 Å². The third-order valence-electron chi connectivity index (χ3n) is 4.61. The van der Waals surface area contributed by atoms with E-state index in [1.54, 1.807) is 11.8 Å². The third kappa shape index (κ3) is 4.90. The molecule has 0 aromatic carbocycles. The van der Waals surface area contributed by atoms with Crippen LogP contribution in [0, 0.1) is 11.8 Å². The molecule has 2 amide bonds. The summed E-state index contributed by atoms with van der Waals surface area (Å²) in [6, 6.07) is -0.238. The lowest BCUT2D eigenvalue weighted by Crippen LogP contribution is -2.56. The molecule has 1 fully saturated rings. The molecule has 0 aromatic heterocycles. The zero-order chi connectivity index (χ0) is 16.0. The molecular weight excluding hydrogens is 268 g/mol. The standard InChI is InChI=1S/C16H30N2O3/c1-5-9-16(4,14(19)20)17-15(21)18-10-6-7-13(8-11-18)12(2)3/h12-13H,5-11H2,1-4H3,(H,17,21)(H,19,20). The maximum absolute atomic E-state index is 12.4. The minimum Gasteiger partial charge on any atom is -0.480 e. The molecule has 0 bridgehead atoms. The quantitative estimate of drug-likeness (QED) is 0.819. The summed E-state index contributed by atoms with van der Waals surface area (Å²) in [5.41, 5.74) is -1.17. The van der Waals surface area contributed by atoms with Gasteiger partial charge in [-0.25, -0.2) is 9.59 Å². The zero-order valence-corrected chi connectivity index (χ0v) is 13.8. The van der Waals surface area contributed by atoms with Crippen LogP contribution in [0.1, 0.15) is 59.8 Å². The molecule has 1 saturated heterocycles. The first-order chi connectivity index (χ1) is 9.80. The Morgan fingerprint density at radius 2 is 2.00 bits per heavy atom. The number of nitrogens with zero attached hydrogens (tertiary/aromatic N) is 1. The van der Waals surface area contributed by atoms with Gasteiger partial charge in [-0.3, -0.25) is 0 Å². The van der Waals surface area contributed by atoms with Crippen LogP contribution in [-0.4, -0.2) is 40.6 Å². The van der Waals surface area contributed by atoms with Crippen LogP contribution in [-0.2, 0) is 4.79 Å². The van der Waals surface area contributed by atoms with E-state index in [4.69, 9.17) is 0 Å². The predicted molar refractivity (Wildman–Crippen MR) is 83.2 cm³/mol. The summed E-state index contributed by atoms with van der Waals surface area (Å²) in [5, 5.41) is 12.1. The van der Waals surface area contributed by atoms with E-state index in [1.807, 2.05) is 6.92 Å². The van der Waals surface area contributed by atoms with Crippen LogP contribution < -0.4 is 5.32 Å². The van der Waals surface area contributed by atoms with Gasteiger partial charge in [0.1, 0.15) is 5.54 Å². The first-order valence-corrected chi connectivity index (χ1v) is 8.10. The van der Waals surface area contributed by atoms with Gasteiger partial charge in [0.2, 0.25) is 0 Å². The number of hydrogen-bond donors (Lipinski definition) is 2. The highest BCUT2D eigenvalue weighted by Gasteiger charge is 2.35. The SMILES string of the molecule is CCCC(C)(NC(=O)N1CCCC(C(C)C)CC1)C(=O)O. The number of carboxylic acid groups (broad SMARTS) is 1. The third-order valence-corrected chi connectivity index (χ3v) is 4.61. The first-order valence-electron chi connectivity index (χ1n) is 8.10. The van der Waals surface area contributed by atoms with E-state index >= 15 is 0 Å². The summed E-state index contributed by atoms with van der Waals surface area (Å²) in [7, 11) is 0. The lowest BCUT2D eigenvalue weighted by Gasteiger charge is -2.30. The van der Waals surface area contributed by atoms with Gasteiger partial charge in [0.25, 0.3) is 0 Å². The maximum Gasteiger partial charge on any atom is 0.329 e. The molecule has 0 aliphatic carbocycles. The van der Waals surface area contributed by atoms with E-state index in [1.165, 1.54) is 0 Å². The number of likely N-dealkylation sites (tertiary alicyclic amines) is 1. The summed E-state index contributed by atoms with van der Waals surface area (Å²) in [6.45, 7) is 9.40. The molecule has 1 aliphatic rings. The van der Waals surface area contributed by atoms with Crippen molar-refractivity contribution in [2.75, 3.05) is 13.1 Å². The lowest BCUT2D eigenvalue weighted by molar-refractivity contribution is -0.144. The van der Waals surface area contributed by atoms with E-state index in [0.29, 0.717) is 18.3 Å². The van der Waals surface area contributed by atoms with Crippen molar-refractivity contribution in [2.24, 2.45) is 11.8 Å². The second-order valence-electron chi connectivity index (χ2n) is 6.74. The Balaban J connectivity index is 2.64. The number of nitrogens with one attached hydrogen (secondary N) is 1. The summed E-state index contributed by atoms with van der Waals surface area (Å²) < 4.78 is 0. The van der Waals surface area contributed by atoms with Gasteiger partial charge in [-0.1, -0.05) is 27.2 Å². The fourth-order valence-electron chi connectivity index (χ4n) is 3.03. The molecule has 0 spiro atoms. The van der Waals surface area contributed by atoms with Gasteiger partial charge in [-0.2, -0.15) is 0 Å². The van der Waals surface area contributed by atoms with Gasteiger partial charge >= 0.3 is 12.0 Å². The fraction of sp³-hybridized carbons (Fsp3) is 0.875. The molecule has 1 aliphatic heterocycles. The van der Waals surface area contributed by atoms with Gasteiger partial charge < -0.3 is 15.3 Å². The molecule has 2 N–H and O–H groups in total. The molecule has 0 aromatic rings. The Hall–Kier alpha value is -1.26. The monoisotopic (exact) mass is 298 g/mol. The highest BCUT2D eigenvalue weighted by Crippen LogP contribution is 2.25. The predicted octanol–water partition coefficient (Wildman–Crippen LogP) is 3.10.